The van der Waals surface area contributed by atoms with E-state index in [1.807, 2.05) is 0 Å². The Morgan fingerprint density at radius 2 is 1.54 bits per heavy atom. The third-order valence-electron chi connectivity index (χ3n) is 12.8. The zero-order valence-corrected chi connectivity index (χ0v) is 30.9. The van der Waals surface area contributed by atoms with Gasteiger partial charge in [-0.2, -0.15) is 0 Å². The molecule has 0 N–H and O–H groups in total. The van der Waals surface area contributed by atoms with Crippen molar-refractivity contribution in [1.82, 2.24) is 4.57 Å². The van der Waals surface area contributed by atoms with Gasteiger partial charge in [-0.1, -0.05) is 152 Å². The summed E-state index contributed by atoms with van der Waals surface area (Å²) in [5.41, 5.74) is 9.90. The van der Waals surface area contributed by atoms with E-state index >= 15 is 0 Å². The summed E-state index contributed by atoms with van der Waals surface area (Å²) in [6.45, 7) is 2.14. The Morgan fingerprint density at radius 1 is 0.750 bits per heavy atom. The van der Waals surface area contributed by atoms with Crippen LogP contribution < -0.4 is 10.6 Å². The average molecular weight is 680 g/mol. The summed E-state index contributed by atoms with van der Waals surface area (Å²) in [5, 5.41) is 7.13. The van der Waals surface area contributed by atoms with Gasteiger partial charge < -0.3 is 4.57 Å². The number of hydrogen-bond donors (Lipinski definition) is 0. The first-order chi connectivity index (χ1) is 25.8. The first-order valence-corrected chi connectivity index (χ1v) is 20.4. The van der Waals surface area contributed by atoms with Crippen molar-refractivity contribution in [3.63, 3.8) is 0 Å². The lowest BCUT2D eigenvalue weighted by Crippen LogP contribution is -2.41. The molecule has 0 aliphatic heterocycles. The fourth-order valence-electron chi connectivity index (χ4n) is 10.3. The van der Waals surface area contributed by atoms with Crippen LogP contribution in [0.25, 0.3) is 55.6 Å². The Kier molecular flexibility index (Phi) is 9.45. The van der Waals surface area contributed by atoms with Gasteiger partial charge in [0.25, 0.3) is 0 Å². The number of fused-ring (bicyclic) bond motifs is 5. The van der Waals surface area contributed by atoms with Gasteiger partial charge >= 0.3 is 0 Å². The summed E-state index contributed by atoms with van der Waals surface area (Å²) in [6.07, 6.45) is 35.0. The van der Waals surface area contributed by atoms with Crippen LogP contribution in [0.1, 0.15) is 90.0 Å². The minimum absolute atomic E-state index is 0.470. The molecule has 4 aromatic carbocycles. The Labute approximate surface area is 310 Å². The topological polar surface area (TPSA) is 4.93 Å². The molecule has 4 aliphatic carbocycles. The van der Waals surface area contributed by atoms with Crippen LogP contribution in [0.2, 0.25) is 0 Å². The van der Waals surface area contributed by atoms with E-state index in [0.717, 1.165) is 0 Å². The predicted molar refractivity (Wildman–Crippen MR) is 224 cm³/mol. The maximum absolute atomic E-state index is 2.84. The molecule has 1 heterocycles. The highest BCUT2D eigenvalue weighted by atomic mass is 15.0. The SMILES string of the molecule is C/C=C\CCC1/C=C\C=C(\C2C=c3c(c4ccc(-c5ccc(-c6ccccc6)c6ccccc56)cc4n3C3CCCCC3)=C3C=CCC[C@@H]32)CCC1. The monoisotopic (exact) mass is 679 g/mol. The standard InChI is InChI=1S/C51H53N/c1-2-3-6-17-36-18-15-22-38(23-16-19-36)48-35-50-51(46-29-14-13-28-45(46)48)47-31-30-39(34-49(47)52(50)40-24-9-5-10-25-40)42-33-32-41(37-20-7-4-8-21-37)43-26-11-12-27-44(42)43/h2-4,7-8,11-12,14-15,18,20-22,26-27,29-36,40,45,48H,5-6,9-10,13,16-17,19,23-25,28H2,1H3/b3-2-,18-15-,38-22+/t36?,45-,48?/m0/s1. The third kappa shape index (κ3) is 6.17. The van der Waals surface area contributed by atoms with Crippen molar-refractivity contribution >= 4 is 33.3 Å². The van der Waals surface area contributed by atoms with E-state index < -0.39 is 0 Å². The smallest absolute Gasteiger partial charge is 0.0500 e. The zero-order chi connectivity index (χ0) is 34.9. The molecule has 52 heavy (non-hydrogen) atoms. The van der Waals surface area contributed by atoms with Crippen LogP contribution in [-0.2, 0) is 0 Å². The number of nitrogens with zero attached hydrogens (tertiary/aromatic N) is 1. The molecule has 0 saturated heterocycles. The lowest BCUT2D eigenvalue weighted by Gasteiger charge is -2.34. The van der Waals surface area contributed by atoms with Gasteiger partial charge in [-0.25, -0.2) is 0 Å². The van der Waals surface area contributed by atoms with Crippen LogP contribution >= 0.6 is 0 Å². The molecule has 1 fully saturated rings. The van der Waals surface area contributed by atoms with Crippen LogP contribution in [-0.4, -0.2) is 4.57 Å². The number of rotatable bonds is 7. The minimum Gasteiger partial charge on any atom is -0.338 e. The molecule has 0 amide bonds. The third-order valence-corrected chi connectivity index (χ3v) is 12.8. The molecule has 0 bridgehead atoms. The van der Waals surface area contributed by atoms with Crippen LogP contribution in [0.15, 0.2) is 133 Å². The quantitative estimate of drug-likeness (QED) is 0.151. The molecule has 1 heteroatoms. The van der Waals surface area contributed by atoms with Gasteiger partial charge in [0.2, 0.25) is 0 Å². The molecule has 1 nitrogen and oxygen atoms in total. The summed E-state index contributed by atoms with van der Waals surface area (Å²) in [4.78, 5) is 0. The van der Waals surface area contributed by atoms with E-state index in [4.69, 9.17) is 0 Å². The summed E-state index contributed by atoms with van der Waals surface area (Å²) >= 11 is 0. The maximum atomic E-state index is 2.84. The van der Waals surface area contributed by atoms with E-state index in [9.17, 15) is 0 Å². The second-order valence-electron chi connectivity index (χ2n) is 15.9. The first-order valence-electron chi connectivity index (χ1n) is 20.4. The van der Waals surface area contributed by atoms with Crippen molar-refractivity contribution in [3.05, 3.63) is 144 Å². The van der Waals surface area contributed by atoms with Gasteiger partial charge in [0.1, 0.15) is 0 Å². The zero-order valence-electron chi connectivity index (χ0n) is 30.9. The number of hydrogen-bond acceptors (Lipinski definition) is 0. The molecule has 5 aromatic rings. The molecule has 2 unspecified atom stereocenters. The van der Waals surface area contributed by atoms with Gasteiger partial charge in [-0.3, -0.25) is 0 Å². The average Bonchev–Trinajstić information content (AvgIpc) is 3.52. The second kappa shape index (κ2) is 14.8. The van der Waals surface area contributed by atoms with Gasteiger partial charge in [0.05, 0.1) is 0 Å². The van der Waals surface area contributed by atoms with Crippen molar-refractivity contribution in [1.29, 1.82) is 0 Å². The van der Waals surface area contributed by atoms with E-state index in [1.54, 1.807) is 11.1 Å². The van der Waals surface area contributed by atoms with E-state index in [0.29, 0.717) is 23.8 Å². The molecule has 0 spiro atoms. The van der Waals surface area contributed by atoms with Crippen LogP contribution in [0.4, 0.5) is 0 Å². The number of allylic oxidation sites excluding steroid dienone is 8. The van der Waals surface area contributed by atoms with Crippen molar-refractivity contribution in [3.8, 4) is 22.3 Å². The Morgan fingerprint density at radius 3 is 2.35 bits per heavy atom. The highest BCUT2D eigenvalue weighted by Gasteiger charge is 2.33. The molecule has 262 valence electrons. The fourth-order valence-corrected chi connectivity index (χ4v) is 10.3. The molecule has 0 radical (unpaired) electrons. The summed E-state index contributed by atoms with van der Waals surface area (Å²) < 4.78 is 2.84. The van der Waals surface area contributed by atoms with E-state index in [-0.39, 0.29) is 0 Å². The van der Waals surface area contributed by atoms with Gasteiger partial charge in [-0.15, -0.1) is 0 Å². The van der Waals surface area contributed by atoms with Crippen molar-refractivity contribution in [2.24, 2.45) is 17.8 Å². The van der Waals surface area contributed by atoms with Crippen LogP contribution in [0, 0.1) is 17.8 Å². The van der Waals surface area contributed by atoms with Gasteiger partial charge in [0.15, 0.2) is 0 Å². The highest BCUT2D eigenvalue weighted by Crippen LogP contribution is 2.42. The number of benzene rings is 4. The molecular weight excluding hydrogens is 627 g/mol. The molecule has 4 aliphatic rings. The van der Waals surface area contributed by atoms with Crippen molar-refractivity contribution in [2.75, 3.05) is 0 Å². The van der Waals surface area contributed by atoms with Crippen LogP contribution in [0.3, 0.4) is 0 Å². The van der Waals surface area contributed by atoms with Gasteiger partial charge in [-0.05, 0) is 121 Å². The Bertz CT molecular complexity index is 2340. The Balaban J connectivity index is 1.21. The largest absolute Gasteiger partial charge is 0.338 e. The molecular formula is C51H53N. The van der Waals surface area contributed by atoms with Crippen molar-refractivity contribution < 1.29 is 0 Å². The molecule has 1 aromatic heterocycles. The Hall–Kier alpha value is -4.62. The van der Waals surface area contributed by atoms with Gasteiger partial charge in [0, 0.05) is 33.4 Å². The summed E-state index contributed by atoms with van der Waals surface area (Å²) in [5.74, 6) is 1.73. The minimum atomic E-state index is 0.470. The number of aromatic nitrogens is 1. The lowest BCUT2D eigenvalue weighted by molar-refractivity contribution is 0.354. The predicted octanol–water partition coefficient (Wildman–Crippen LogP) is 12.8. The second-order valence-corrected chi connectivity index (χ2v) is 15.9. The van der Waals surface area contributed by atoms with Crippen LogP contribution in [0.5, 0.6) is 0 Å². The lowest BCUT2D eigenvalue weighted by atomic mass is 9.71. The highest BCUT2D eigenvalue weighted by molar-refractivity contribution is 6.06. The molecule has 1 saturated carbocycles. The maximum Gasteiger partial charge on any atom is 0.0500 e. The summed E-state index contributed by atoms with van der Waals surface area (Å²) in [6, 6.07) is 32.6. The van der Waals surface area contributed by atoms with E-state index in [2.05, 4.69) is 145 Å². The molecule has 9 rings (SSSR count). The van der Waals surface area contributed by atoms with E-state index in [1.165, 1.54) is 132 Å². The normalized spacial score (nSPS) is 23.8. The fraction of sp³-hybridized carbons (Fsp3) is 0.333. The van der Waals surface area contributed by atoms with Crippen molar-refractivity contribution in [2.45, 2.75) is 90.0 Å². The first kappa shape index (κ1) is 33.2. The summed E-state index contributed by atoms with van der Waals surface area (Å²) in [7, 11) is 0. The molecule has 3 atom stereocenters.